The average molecular weight is 273 g/mol. The van der Waals surface area contributed by atoms with Crippen molar-refractivity contribution in [3.8, 4) is 0 Å². The molecule has 0 unspecified atom stereocenters. The van der Waals surface area contributed by atoms with Crippen LogP contribution in [0.4, 0.5) is 10.5 Å². The molecule has 1 aromatic heterocycles. The zero-order valence-corrected chi connectivity index (χ0v) is 11.4. The van der Waals surface area contributed by atoms with Gasteiger partial charge in [0.15, 0.2) is 0 Å². The van der Waals surface area contributed by atoms with Crippen LogP contribution in [-0.4, -0.2) is 17.3 Å². The van der Waals surface area contributed by atoms with Crippen molar-refractivity contribution in [2.24, 2.45) is 0 Å². The first-order valence-electron chi connectivity index (χ1n) is 5.86. The highest BCUT2D eigenvalue weighted by atomic mass is 32.2. The van der Waals surface area contributed by atoms with Crippen molar-refractivity contribution in [3.05, 3.63) is 54.4 Å². The van der Waals surface area contributed by atoms with E-state index in [0.29, 0.717) is 6.54 Å². The molecular formula is C14H15N3OS. The maximum absolute atomic E-state index is 11.8. The molecule has 0 bridgehead atoms. The minimum Gasteiger partial charge on any atom is -0.334 e. The highest BCUT2D eigenvalue weighted by Crippen LogP contribution is 2.24. The molecule has 2 N–H and O–H groups in total. The average Bonchev–Trinajstić information content (AvgIpc) is 2.47. The number of carbonyl (C=O) groups is 1. The molecule has 5 heteroatoms. The van der Waals surface area contributed by atoms with Crippen molar-refractivity contribution in [2.45, 2.75) is 11.4 Å². The number of thioether (sulfide) groups is 1. The van der Waals surface area contributed by atoms with Crippen LogP contribution >= 0.6 is 11.8 Å². The molecule has 2 aromatic rings. The van der Waals surface area contributed by atoms with Crippen molar-refractivity contribution < 1.29 is 4.79 Å². The first kappa shape index (κ1) is 13.4. The molecular weight excluding hydrogens is 258 g/mol. The second-order valence-corrected chi connectivity index (χ2v) is 4.72. The molecule has 0 radical (unpaired) electrons. The highest BCUT2D eigenvalue weighted by molar-refractivity contribution is 7.98. The molecule has 0 spiro atoms. The Morgan fingerprint density at radius 1 is 1.26 bits per heavy atom. The summed E-state index contributed by atoms with van der Waals surface area (Å²) in [6.07, 6.45) is 5.42. The van der Waals surface area contributed by atoms with Crippen LogP contribution in [0.15, 0.2) is 53.7 Å². The van der Waals surface area contributed by atoms with E-state index in [1.54, 1.807) is 24.2 Å². The zero-order chi connectivity index (χ0) is 13.5. The van der Waals surface area contributed by atoms with Crippen molar-refractivity contribution in [1.29, 1.82) is 0 Å². The van der Waals surface area contributed by atoms with Crippen LogP contribution in [0.2, 0.25) is 0 Å². The number of urea groups is 1. The lowest BCUT2D eigenvalue weighted by Crippen LogP contribution is -2.28. The first-order chi connectivity index (χ1) is 9.29. The quantitative estimate of drug-likeness (QED) is 0.841. The van der Waals surface area contributed by atoms with Gasteiger partial charge in [-0.25, -0.2) is 4.79 Å². The van der Waals surface area contributed by atoms with Gasteiger partial charge in [0.2, 0.25) is 0 Å². The van der Waals surface area contributed by atoms with Crippen LogP contribution in [-0.2, 0) is 6.54 Å². The van der Waals surface area contributed by atoms with Gasteiger partial charge in [0, 0.05) is 23.8 Å². The summed E-state index contributed by atoms with van der Waals surface area (Å²) in [4.78, 5) is 16.8. The van der Waals surface area contributed by atoms with Gasteiger partial charge in [-0.15, -0.1) is 11.8 Å². The van der Waals surface area contributed by atoms with Gasteiger partial charge < -0.3 is 10.6 Å². The van der Waals surface area contributed by atoms with Gasteiger partial charge in [0.05, 0.1) is 5.69 Å². The van der Waals surface area contributed by atoms with Crippen LogP contribution in [0, 0.1) is 0 Å². The molecule has 1 aromatic carbocycles. The lowest BCUT2D eigenvalue weighted by molar-refractivity contribution is 0.251. The topological polar surface area (TPSA) is 54.0 Å². The molecule has 2 amide bonds. The number of amides is 2. The van der Waals surface area contributed by atoms with Gasteiger partial charge in [-0.2, -0.15) is 0 Å². The molecule has 0 fully saturated rings. The second kappa shape index (κ2) is 6.80. The molecule has 0 saturated heterocycles. The number of nitrogens with zero attached hydrogens (tertiary/aromatic N) is 1. The van der Waals surface area contributed by atoms with E-state index >= 15 is 0 Å². The zero-order valence-electron chi connectivity index (χ0n) is 10.6. The Hall–Kier alpha value is -2.01. The molecule has 1 heterocycles. The molecule has 0 aliphatic rings. The number of rotatable bonds is 4. The van der Waals surface area contributed by atoms with Crippen LogP contribution in [0.25, 0.3) is 0 Å². The van der Waals surface area contributed by atoms with Crippen LogP contribution in [0.1, 0.15) is 5.56 Å². The van der Waals surface area contributed by atoms with E-state index < -0.39 is 0 Å². The number of anilines is 1. The predicted octanol–water partition coefficient (Wildman–Crippen LogP) is 3.13. The number of carbonyl (C=O) groups excluding carboxylic acids is 1. The molecule has 98 valence electrons. The van der Waals surface area contributed by atoms with Crippen LogP contribution in [0.5, 0.6) is 0 Å². The molecule has 4 nitrogen and oxygen atoms in total. The van der Waals surface area contributed by atoms with Gasteiger partial charge in [-0.1, -0.05) is 18.2 Å². The molecule has 0 saturated carbocycles. The summed E-state index contributed by atoms with van der Waals surface area (Å²) in [5.41, 5.74) is 1.79. The predicted molar refractivity (Wildman–Crippen MR) is 78.3 cm³/mol. The summed E-state index contributed by atoms with van der Waals surface area (Å²) >= 11 is 1.60. The number of benzene rings is 1. The molecule has 0 aliphatic heterocycles. The lowest BCUT2D eigenvalue weighted by atomic mass is 10.3. The van der Waals surface area contributed by atoms with Gasteiger partial charge in [0.1, 0.15) is 0 Å². The van der Waals surface area contributed by atoms with Crippen molar-refractivity contribution in [2.75, 3.05) is 11.6 Å². The molecule has 0 atom stereocenters. The summed E-state index contributed by atoms with van der Waals surface area (Å²) < 4.78 is 0. The summed E-state index contributed by atoms with van der Waals surface area (Å²) in [5.74, 6) is 0. The Kier molecular flexibility index (Phi) is 4.80. The monoisotopic (exact) mass is 273 g/mol. The first-order valence-corrected chi connectivity index (χ1v) is 7.09. The van der Waals surface area contributed by atoms with Crippen molar-refractivity contribution >= 4 is 23.5 Å². The summed E-state index contributed by atoms with van der Waals surface area (Å²) in [6, 6.07) is 11.3. The third-order valence-corrected chi connectivity index (χ3v) is 3.33. The van der Waals surface area contributed by atoms with Crippen LogP contribution in [0.3, 0.4) is 0 Å². The van der Waals surface area contributed by atoms with E-state index in [-0.39, 0.29) is 6.03 Å². The SMILES string of the molecule is CSc1ccccc1NC(=O)NCc1cccnc1. The smallest absolute Gasteiger partial charge is 0.319 e. The van der Waals surface area contributed by atoms with E-state index in [2.05, 4.69) is 15.6 Å². The van der Waals surface area contributed by atoms with Gasteiger partial charge in [0.25, 0.3) is 0 Å². The lowest BCUT2D eigenvalue weighted by Gasteiger charge is -2.10. The number of hydrogen-bond acceptors (Lipinski definition) is 3. The fraction of sp³-hybridized carbons (Fsp3) is 0.143. The third-order valence-electron chi connectivity index (χ3n) is 2.53. The summed E-state index contributed by atoms with van der Waals surface area (Å²) in [6.45, 7) is 0.459. The Morgan fingerprint density at radius 2 is 2.11 bits per heavy atom. The van der Waals surface area contributed by atoms with Crippen LogP contribution < -0.4 is 10.6 Å². The minimum atomic E-state index is -0.217. The standard InChI is InChI=1S/C14H15N3OS/c1-19-13-7-3-2-6-12(13)17-14(18)16-10-11-5-4-8-15-9-11/h2-9H,10H2,1H3,(H2,16,17,18). The third kappa shape index (κ3) is 3.99. The van der Waals surface area contributed by atoms with E-state index in [0.717, 1.165) is 16.1 Å². The minimum absolute atomic E-state index is 0.217. The van der Waals surface area contributed by atoms with E-state index in [9.17, 15) is 4.79 Å². The number of hydrogen-bond donors (Lipinski definition) is 2. The van der Waals surface area contributed by atoms with E-state index in [4.69, 9.17) is 0 Å². The fourth-order valence-electron chi connectivity index (χ4n) is 1.60. The Balaban J connectivity index is 1.91. The molecule has 0 aliphatic carbocycles. The van der Waals surface area contributed by atoms with Gasteiger partial charge in [-0.05, 0) is 30.0 Å². The molecule has 19 heavy (non-hydrogen) atoms. The Labute approximate surface area is 116 Å². The Bertz CT molecular complexity index is 545. The number of aromatic nitrogens is 1. The van der Waals surface area contributed by atoms with Crippen molar-refractivity contribution in [1.82, 2.24) is 10.3 Å². The number of nitrogens with one attached hydrogen (secondary N) is 2. The normalized spacial score (nSPS) is 9.95. The summed E-state index contributed by atoms with van der Waals surface area (Å²) in [7, 11) is 0. The van der Waals surface area contributed by atoms with Crippen molar-refractivity contribution in [3.63, 3.8) is 0 Å². The summed E-state index contributed by atoms with van der Waals surface area (Å²) in [5, 5.41) is 5.64. The van der Waals surface area contributed by atoms with E-state index in [1.807, 2.05) is 42.7 Å². The highest BCUT2D eigenvalue weighted by Gasteiger charge is 2.05. The molecule has 2 rings (SSSR count). The number of pyridine rings is 1. The largest absolute Gasteiger partial charge is 0.334 e. The van der Waals surface area contributed by atoms with Gasteiger partial charge >= 0.3 is 6.03 Å². The second-order valence-electron chi connectivity index (χ2n) is 3.87. The fourth-order valence-corrected chi connectivity index (χ4v) is 2.15. The maximum Gasteiger partial charge on any atom is 0.319 e. The maximum atomic E-state index is 11.8. The van der Waals surface area contributed by atoms with Gasteiger partial charge in [-0.3, -0.25) is 4.98 Å². The number of para-hydroxylation sites is 1. The van der Waals surface area contributed by atoms with E-state index in [1.165, 1.54) is 0 Å². The Morgan fingerprint density at radius 3 is 2.84 bits per heavy atom.